The number of carbonyl (C=O) groups excluding carboxylic acids is 1. The van der Waals surface area contributed by atoms with Gasteiger partial charge in [0.25, 0.3) is 0 Å². The maximum atomic E-state index is 11.6. The third kappa shape index (κ3) is 3.94. The van der Waals surface area contributed by atoms with Gasteiger partial charge in [-0.2, -0.15) is 0 Å². The van der Waals surface area contributed by atoms with Crippen LogP contribution in [0.15, 0.2) is 12.7 Å². The maximum absolute atomic E-state index is 11.6. The van der Waals surface area contributed by atoms with Gasteiger partial charge in [0, 0.05) is 6.42 Å². The summed E-state index contributed by atoms with van der Waals surface area (Å²) in [4.78, 5) is 11.6. The number of rotatable bonds is 8. The SMILES string of the molecule is C=CC[C@](O)(C(=O)OCC)[C@@H](O)CCCC. The highest BCUT2D eigenvalue weighted by atomic mass is 16.6. The second-order valence-corrected chi connectivity index (χ2v) is 3.80. The predicted octanol–water partition coefficient (Wildman–Crippen LogP) is 1.41. The lowest BCUT2D eigenvalue weighted by molar-refractivity contribution is -0.178. The fraction of sp³-hybridized carbons (Fsp3) is 0.750. The highest BCUT2D eigenvalue weighted by molar-refractivity contribution is 5.80. The zero-order valence-electron chi connectivity index (χ0n) is 10.1. The van der Waals surface area contributed by atoms with Crippen molar-refractivity contribution in [2.45, 2.75) is 51.2 Å². The minimum atomic E-state index is -1.85. The number of esters is 1. The van der Waals surface area contributed by atoms with Crippen molar-refractivity contribution in [1.82, 2.24) is 0 Å². The Kier molecular flexibility index (Phi) is 7.01. The molecular formula is C12H22O4. The maximum Gasteiger partial charge on any atom is 0.341 e. The van der Waals surface area contributed by atoms with Crippen LogP contribution in [-0.2, 0) is 9.53 Å². The number of aliphatic hydroxyl groups is 2. The monoisotopic (exact) mass is 230 g/mol. The van der Waals surface area contributed by atoms with Crippen molar-refractivity contribution < 1.29 is 19.7 Å². The minimum absolute atomic E-state index is 0.00326. The van der Waals surface area contributed by atoms with Crippen molar-refractivity contribution in [2.75, 3.05) is 6.61 Å². The molecule has 0 aliphatic heterocycles. The molecule has 2 N–H and O–H groups in total. The van der Waals surface area contributed by atoms with Gasteiger partial charge in [0.2, 0.25) is 0 Å². The van der Waals surface area contributed by atoms with E-state index >= 15 is 0 Å². The van der Waals surface area contributed by atoms with E-state index in [0.717, 1.165) is 12.8 Å². The average molecular weight is 230 g/mol. The van der Waals surface area contributed by atoms with Crippen molar-refractivity contribution in [3.8, 4) is 0 Å². The summed E-state index contributed by atoms with van der Waals surface area (Å²) in [7, 11) is 0. The van der Waals surface area contributed by atoms with E-state index in [9.17, 15) is 15.0 Å². The van der Waals surface area contributed by atoms with E-state index in [1.54, 1.807) is 6.92 Å². The molecule has 0 aromatic heterocycles. The number of hydrogen-bond acceptors (Lipinski definition) is 4. The molecule has 4 heteroatoms. The van der Waals surface area contributed by atoms with Crippen molar-refractivity contribution in [3.05, 3.63) is 12.7 Å². The molecule has 0 aliphatic carbocycles. The van der Waals surface area contributed by atoms with E-state index in [-0.39, 0.29) is 13.0 Å². The van der Waals surface area contributed by atoms with Crippen LogP contribution in [0, 0.1) is 0 Å². The van der Waals surface area contributed by atoms with Gasteiger partial charge >= 0.3 is 5.97 Å². The van der Waals surface area contributed by atoms with Crippen LogP contribution in [0.3, 0.4) is 0 Å². The number of ether oxygens (including phenoxy) is 1. The van der Waals surface area contributed by atoms with Gasteiger partial charge in [0.15, 0.2) is 5.60 Å². The Bertz CT molecular complexity index is 227. The van der Waals surface area contributed by atoms with Gasteiger partial charge < -0.3 is 14.9 Å². The Hall–Kier alpha value is -0.870. The Morgan fingerprint density at radius 3 is 2.62 bits per heavy atom. The zero-order valence-corrected chi connectivity index (χ0v) is 10.1. The second kappa shape index (κ2) is 7.41. The standard InChI is InChI=1S/C12H22O4/c1-4-7-8-10(13)12(15,9-5-2)11(14)16-6-3/h5,10,13,15H,2,4,6-9H2,1,3H3/t10-,12+/m0/s1. The molecule has 0 unspecified atom stereocenters. The second-order valence-electron chi connectivity index (χ2n) is 3.80. The molecule has 4 nitrogen and oxygen atoms in total. The largest absolute Gasteiger partial charge is 0.464 e. The van der Waals surface area contributed by atoms with Crippen LogP contribution in [0.4, 0.5) is 0 Å². The number of aliphatic hydroxyl groups excluding tert-OH is 1. The van der Waals surface area contributed by atoms with Crippen LogP contribution in [0.5, 0.6) is 0 Å². The van der Waals surface area contributed by atoms with Gasteiger partial charge in [-0.05, 0) is 13.3 Å². The smallest absolute Gasteiger partial charge is 0.341 e. The molecule has 94 valence electrons. The van der Waals surface area contributed by atoms with Crippen molar-refractivity contribution >= 4 is 5.97 Å². The molecule has 0 aromatic rings. The van der Waals surface area contributed by atoms with Gasteiger partial charge in [-0.15, -0.1) is 6.58 Å². The Balaban J connectivity index is 4.64. The van der Waals surface area contributed by atoms with Crippen LogP contribution in [-0.4, -0.2) is 34.5 Å². The van der Waals surface area contributed by atoms with Crippen molar-refractivity contribution in [3.63, 3.8) is 0 Å². The van der Waals surface area contributed by atoms with Crippen molar-refractivity contribution in [1.29, 1.82) is 0 Å². The lowest BCUT2D eigenvalue weighted by atomic mass is 9.89. The lowest BCUT2D eigenvalue weighted by Gasteiger charge is -2.29. The summed E-state index contributed by atoms with van der Waals surface area (Å²) in [6, 6.07) is 0. The van der Waals surface area contributed by atoms with Gasteiger partial charge in [0.1, 0.15) is 0 Å². The molecule has 0 rings (SSSR count). The summed E-state index contributed by atoms with van der Waals surface area (Å²) in [6.45, 7) is 7.28. The van der Waals surface area contributed by atoms with Gasteiger partial charge in [-0.3, -0.25) is 0 Å². The predicted molar refractivity (Wildman–Crippen MR) is 61.9 cm³/mol. The third-order valence-corrected chi connectivity index (χ3v) is 2.47. The first kappa shape index (κ1) is 15.1. The topological polar surface area (TPSA) is 66.8 Å². The van der Waals surface area contributed by atoms with E-state index in [0.29, 0.717) is 6.42 Å². The van der Waals surface area contributed by atoms with Crippen LogP contribution in [0.25, 0.3) is 0 Å². The Labute approximate surface area is 96.9 Å². The van der Waals surface area contributed by atoms with Gasteiger partial charge in [0.05, 0.1) is 12.7 Å². The molecule has 2 atom stereocenters. The zero-order chi connectivity index (χ0) is 12.6. The number of carbonyl (C=O) groups is 1. The van der Waals surface area contributed by atoms with Crippen LogP contribution in [0.2, 0.25) is 0 Å². The van der Waals surface area contributed by atoms with E-state index in [4.69, 9.17) is 4.74 Å². The fourth-order valence-corrected chi connectivity index (χ4v) is 1.47. The van der Waals surface area contributed by atoms with E-state index < -0.39 is 17.7 Å². The molecule has 0 aliphatic rings. The Morgan fingerprint density at radius 2 is 2.19 bits per heavy atom. The normalized spacial score (nSPS) is 16.2. The molecule has 0 radical (unpaired) electrons. The number of hydrogen-bond donors (Lipinski definition) is 2. The molecule has 0 bridgehead atoms. The minimum Gasteiger partial charge on any atom is -0.464 e. The van der Waals surface area contributed by atoms with E-state index in [1.165, 1.54) is 6.08 Å². The highest BCUT2D eigenvalue weighted by Crippen LogP contribution is 2.22. The highest BCUT2D eigenvalue weighted by Gasteiger charge is 2.43. The molecule has 16 heavy (non-hydrogen) atoms. The number of unbranched alkanes of at least 4 members (excludes halogenated alkanes) is 1. The van der Waals surface area contributed by atoms with Gasteiger partial charge in [-0.1, -0.05) is 25.8 Å². The van der Waals surface area contributed by atoms with Gasteiger partial charge in [-0.25, -0.2) is 4.79 Å². The first-order valence-corrected chi connectivity index (χ1v) is 5.71. The first-order valence-electron chi connectivity index (χ1n) is 5.71. The van der Waals surface area contributed by atoms with Crippen molar-refractivity contribution in [2.24, 2.45) is 0 Å². The molecule has 0 heterocycles. The van der Waals surface area contributed by atoms with Crippen LogP contribution < -0.4 is 0 Å². The quantitative estimate of drug-likeness (QED) is 0.488. The first-order chi connectivity index (χ1) is 7.52. The molecule has 0 fully saturated rings. The molecule has 0 spiro atoms. The molecule has 0 amide bonds. The fourth-order valence-electron chi connectivity index (χ4n) is 1.47. The summed E-state index contributed by atoms with van der Waals surface area (Å²) in [5.74, 6) is -0.779. The summed E-state index contributed by atoms with van der Waals surface area (Å²) < 4.78 is 4.76. The molecule has 0 saturated carbocycles. The molecular weight excluding hydrogens is 208 g/mol. The summed E-state index contributed by atoms with van der Waals surface area (Å²) in [5, 5.41) is 19.9. The van der Waals surface area contributed by atoms with Crippen LogP contribution >= 0.6 is 0 Å². The summed E-state index contributed by atoms with van der Waals surface area (Å²) in [5.41, 5.74) is -1.85. The lowest BCUT2D eigenvalue weighted by Crippen LogP contribution is -2.50. The molecule has 0 saturated heterocycles. The summed E-state index contributed by atoms with van der Waals surface area (Å²) >= 11 is 0. The Morgan fingerprint density at radius 1 is 1.56 bits per heavy atom. The molecule has 0 aromatic carbocycles. The third-order valence-electron chi connectivity index (χ3n) is 2.47. The van der Waals surface area contributed by atoms with E-state index in [1.807, 2.05) is 6.92 Å². The average Bonchev–Trinajstić information content (AvgIpc) is 2.26. The van der Waals surface area contributed by atoms with E-state index in [2.05, 4.69) is 6.58 Å². The summed E-state index contributed by atoms with van der Waals surface area (Å²) in [6.07, 6.45) is 2.32. The van der Waals surface area contributed by atoms with Crippen LogP contribution in [0.1, 0.15) is 39.5 Å².